The molecule has 0 spiro atoms. The summed E-state index contributed by atoms with van der Waals surface area (Å²) in [5.41, 5.74) is 2.16. The second kappa shape index (κ2) is 10.4. The first-order valence-corrected chi connectivity index (χ1v) is 10.9. The molecular weight excluding hydrogens is 406 g/mol. The van der Waals surface area contributed by atoms with Gasteiger partial charge in [0.1, 0.15) is 11.5 Å². The first-order valence-electron chi connectivity index (χ1n) is 10.9. The van der Waals surface area contributed by atoms with Crippen LogP contribution < -0.4 is 4.74 Å². The third kappa shape index (κ3) is 4.99. The molecule has 170 valence electrons. The Hall–Kier alpha value is -3.19. The van der Waals surface area contributed by atoms with Crippen molar-refractivity contribution in [3.8, 4) is 5.75 Å². The predicted octanol–water partition coefficient (Wildman–Crippen LogP) is 3.55. The van der Waals surface area contributed by atoms with Crippen molar-refractivity contribution in [3.63, 3.8) is 0 Å². The largest absolute Gasteiger partial charge is 0.507 e. The number of likely N-dealkylation sites (tertiary alicyclic amines) is 1. The van der Waals surface area contributed by atoms with Crippen LogP contribution in [0.25, 0.3) is 5.76 Å². The molecule has 7 heteroatoms. The van der Waals surface area contributed by atoms with Crippen molar-refractivity contribution in [1.29, 1.82) is 0 Å². The lowest BCUT2D eigenvalue weighted by atomic mass is 9.95. The zero-order chi connectivity index (χ0) is 23.3. The van der Waals surface area contributed by atoms with Crippen molar-refractivity contribution in [3.05, 3.63) is 65.0 Å². The van der Waals surface area contributed by atoms with Crippen LogP contribution in [0.5, 0.6) is 5.75 Å². The number of hydrogen-bond acceptors (Lipinski definition) is 6. The molecule has 2 heterocycles. The summed E-state index contributed by atoms with van der Waals surface area (Å²) < 4.78 is 5.80. The summed E-state index contributed by atoms with van der Waals surface area (Å²) in [6.07, 6.45) is 5.24. The molecule has 7 nitrogen and oxygen atoms in total. The van der Waals surface area contributed by atoms with Gasteiger partial charge in [0.25, 0.3) is 11.7 Å². The SMILES string of the molecule is CCCCOc1ccc(/C(O)=C2/C(=O)C(=O)N(CCN(C)C)C2c2ccncc2)cc1C. The van der Waals surface area contributed by atoms with Gasteiger partial charge in [-0.2, -0.15) is 0 Å². The van der Waals surface area contributed by atoms with Crippen LogP contribution in [-0.2, 0) is 9.59 Å². The topological polar surface area (TPSA) is 83.0 Å². The van der Waals surface area contributed by atoms with E-state index in [0.29, 0.717) is 25.3 Å². The quantitative estimate of drug-likeness (QED) is 0.280. The fourth-order valence-electron chi connectivity index (χ4n) is 3.75. The Labute approximate surface area is 189 Å². The molecule has 1 aromatic heterocycles. The highest BCUT2D eigenvalue weighted by Gasteiger charge is 2.45. The van der Waals surface area contributed by atoms with Gasteiger partial charge >= 0.3 is 0 Å². The molecule has 1 unspecified atom stereocenters. The Morgan fingerprint density at radius 1 is 1.19 bits per heavy atom. The van der Waals surface area contributed by atoms with Gasteiger partial charge in [-0.05, 0) is 68.9 Å². The van der Waals surface area contributed by atoms with Crippen molar-refractivity contribution in [2.75, 3.05) is 33.8 Å². The number of aryl methyl sites for hydroxylation is 1. The average molecular weight is 438 g/mol. The first kappa shape index (κ1) is 23.5. The van der Waals surface area contributed by atoms with E-state index in [1.165, 1.54) is 4.90 Å². The highest BCUT2D eigenvalue weighted by atomic mass is 16.5. The summed E-state index contributed by atoms with van der Waals surface area (Å²) in [5.74, 6) is -0.719. The number of aliphatic hydroxyl groups is 1. The number of unbranched alkanes of at least 4 members (excludes halogenated alkanes) is 1. The normalized spacial score (nSPS) is 17.9. The van der Waals surface area contributed by atoms with E-state index in [1.54, 1.807) is 42.7 Å². The number of amides is 1. The molecule has 1 aromatic carbocycles. The van der Waals surface area contributed by atoms with Gasteiger partial charge in [0, 0.05) is 31.0 Å². The van der Waals surface area contributed by atoms with Crippen molar-refractivity contribution >= 4 is 17.4 Å². The molecule has 1 aliphatic rings. The lowest BCUT2D eigenvalue weighted by Gasteiger charge is -2.26. The highest BCUT2D eigenvalue weighted by Crippen LogP contribution is 2.39. The minimum atomic E-state index is -0.677. The molecule has 1 amide bonds. The Bertz CT molecular complexity index is 1000. The molecule has 0 aliphatic carbocycles. The number of aliphatic hydroxyl groups excluding tert-OH is 1. The highest BCUT2D eigenvalue weighted by molar-refractivity contribution is 6.46. The molecule has 1 fully saturated rings. The summed E-state index contributed by atoms with van der Waals surface area (Å²) in [5, 5.41) is 11.2. The van der Waals surface area contributed by atoms with Crippen LogP contribution in [0.4, 0.5) is 0 Å². The molecule has 1 N–H and O–H groups in total. The number of Topliss-reactive ketones (excluding diaryl/α,β-unsaturated/α-hetero) is 1. The molecule has 0 bridgehead atoms. The van der Waals surface area contributed by atoms with E-state index in [9.17, 15) is 14.7 Å². The smallest absolute Gasteiger partial charge is 0.295 e. The standard InChI is InChI=1S/C25H31N3O4/c1-5-6-15-32-20-8-7-19(16-17(20)2)23(29)21-22(18-9-11-26-12-10-18)28(14-13-27(3)4)25(31)24(21)30/h7-12,16,22,29H,5-6,13-15H2,1-4H3/b23-21-. The summed E-state index contributed by atoms with van der Waals surface area (Å²) in [7, 11) is 3.82. The Morgan fingerprint density at radius 3 is 2.53 bits per heavy atom. The fraction of sp³-hybridized carbons (Fsp3) is 0.400. The lowest BCUT2D eigenvalue weighted by Crippen LogP contribution is -2.35. The molecule has 3 rings (SSSR count). The van der Waals surface area contributed by atoms with Crippen LogP contribution in [0, 0.1) is 6.92 Å². The van der Waals surface area contributed by atoms with Gasteiger partial charge in [-0.3, -0.25) is 14.6 Å². The minimum Gasteiger partial charge on any atom is -0.507 e. The Morgan fingerprint density at radius 2 is 1.91 bits per heavy atom. The molecule has 1 saturated heterocycles. The lowest BCUT2D eigenvalue weighted by molar-refractivity contribution is -0.140. The molecule has 1 aliphatic heterocycles. The van der Waals surface area contributed by atoms with Gasteiger partial charge in [0.05, 0.1) is 18.2 Å². The van der Waals surface area contributed by atoms with Gasteiger partial charge in [-0.25, -0.2) is 0 Å². The van der Waals surface area contributed by atoms with Gasteiger partial charge in [-0.15, -0.1) is 0 Å². The number of carbonyl (C=O) groups excluding carboxylic acids is 2. The van der Waals surface area contributed by atoms with E-state index >= 15 is 0 Å². The van der Waals surface area contributed by atoms with Crippen LogP contribution in [-0.4, -0.2) is 65.4 Å². The molecule has 32 heavy (non-hydrogen) atoms. The molecular formula is C25H31N3O4. The maximum Gasteiger partial charge on any atom is 0.295 e. The van der Waals surface area contributed by atoms with Crippen LogP contribution >= 0.6 is 0 Å². The van der Waals surface area contributed by atoms with Gasteiger partial charge in [0.2, 0.25) is 0 Å². The number of carbonyl (C=O) groups is 2. The van der Waals surface area contributed by atoms with E-state index in [2.05, 4.69) is 11.9 Å². The molecule has 2 aromatic rings. The number of aromatic nitrogens is 1. The van der Waals surface area contributed by atoms with Crippen molar-refractivity contribution < 1.29 is 19.4 Å². The number of ketones is 1. The number of benzene rings is 1. The number of likely N-dealkylation sites (N-methyl/N-ethyl adjacent to an activating group) is 1. The minimum absolute atomic E-state index is 0.0963. The summed E-state index contributed by atoms with van der Waals surface area (Å²) in [6, 6.07) is 8.17. The Kier molecular flexibility index (Phi) is 7.64. The maximum atomic E-state index is 13.0. The van der Waals surface area contributed by atoms with Crippen LogP contribution in [0.15, 0.2) is 48.3 Å². The summed E-state index contributed by atoms with van der Waals surface area (Å²) >= 11 is 0. The van der Waals surface area contributed by atoms with Gasteiger partial charge in [0.15, 0.2) is 0 Å². The number of nitrogens with zero attached hydrogens (tertiary/aromatic N) is 3. The second-order valence-electron chi connectivity index (χ2n) is 8.26. The third-order valence-electron chi connectivity index (χ3n) is 5.55. The van der Waals surface area contributed by atoms with Gasteiger partial charge in [-0.1, -0.05) is 13.3 Å². The van der Waals surface area contributed by atoms with Crippen LogP contribution in [0.3, 0.4) is 0 Å². The molecule has 0 radical (unpaired) electrons. The van der Waals surface area contributed by atoms with E-state index in [4.69, 9.17) is 4.74 Å². The maximum absolute atomic E-state index is 13.0. The van der Waals surface area contributed by atoms with Crippen molar-refractivity contribution in [2.45, 2.75) is 32.7 Å². The van der Waals surface area contributed by atoms with E-state index in [1.807, 2.05) is 25.9 Å². The number of rotatable bonds is 9. The monoisotopic (exact) mass is 437 g/mol. The first-order chi connectivity index (χ1) is 15.3. The number of hydrogen-bond donors (Lipinski definition) is 1. The van der Waals surface area contributed by atoms with E-state index in [-0.39, 0.29) is 11.3 Å². The van der Waals surface area contributed by atoms with Crippen LogP contribution in [0.2, 0.25) is 0 Å². The zero-order valence-electron chi connectivity index (χ0n) is 19.2. The van der Waals surface area contributed by atoms with Crippen molar-refractivity contribution in [2.24, 2.45) is 0 Å². The number of pyridine rings is 1. The van der Waals surface area contributed by atoms with E-state index < -0.39 is 17.7 Å². The zero-order valence-corrected chi connectivity index (χ0v) is 19.2. The van der Waals surface area contributed by atoms with Gasteiger partial charge < -0.3 is 19.6 Å². The van der Waals surface area contributed by atoms with Crippen LogP contribution in [0.1, 0.15) is 42.5 Å². The molecule has 1 atom stereocenters. The molecule has 0 saturated carbocycles. The van der Waals surface area contributed by atoms with Crippen molar-refractivity contribution in [1.82, 2.24) is 14.8 Å². The number of ether oxygens (including phenoxy) is 1. The Balaban J connectivity index is 2.03. The summed E-state index contributed by atoms with van der Waals surface area (Å²) in [6.45, 7) is 5.59. The third-order valence-corrected chi connectivity index (χ3v) is 5.55. The average Bonchev–Trinajstić information content (AvgIpc) is 3.03. The van der Waals surface area contributed by atoms with E-state index in [0.717, 1.165) is 29.7 Å². The fourth-order valence-corrected chi connectivity index (χ4v) is 3.75. The second-order valence-corrected chi connectivity index (χ2v) is 8.26. The summed E-state index contributed by atoms with van der Waals surface area (Å²) in [4.78, 5) is 33.4. The predicted molar refractivity (Wildman–Crippen MR) is 123 cm³/mol.